The number of para-hydroxylation sites is 3. The zero-order chi connectivity index (χ0) is 30.0. The molecule has 0 amide bonds. The molecule has 2 aliphatic heterocycles. The van der Waals surface area contributed by atoms with Crippen molar-refractivity contribution < 1.29 is 0 Å². The van der Waals surface area contributed by atoms with Gasteiger partial charge in [0.25, 0.3) is 6.71 Å². The molecule has 1 aliphatic carbocycles. The summed E-state index contributed by atoms with van der Waals surface area (Å²) in [6.07, 6.45) is 6.56. The molecular formula is C41H41BN2. The predicted molar refractivity (Wildman–Crippen MR) is 190 cm³/mol. The third kappa shape index (κ3) is 4.40. The van der Waals surface area contributed by atoms with Gasteiger partial charge in [-0.05, 0) is 113 Å². The molecule has 5 aromatic rings. The lowest BCUT2D eigenvalue weighted by Gasteiger charge is -2.45. The molecule has 44 heavy (non-hydrogen) atoms. The molecule has 0 radical (unpaired) electrons. The molecule has 0 bridgehead atoms. The molecular weight excluding hydrogens is 531 g/mol. The second kappa shape index (κ2) is 10.4. The Morgan fingerprint density at radius 1 is 0.591 bits per heavy atom. The summed E-state index contributed by atoms with van der Waals surface area (Å²) in [6.45, 7) is 9.40. The van der Waals surface area contributed by atoms with E-state index >= 15 is 0 Å². The zero-order valence-corrected chi connectivity index (χ0v) is 26.5. The Balaban J connectivity index is 1.47. The van der Waals surface area contributed by atoms with Crippen LogP contribution in [0.15, 0.2) is 109 Å². The molecule has 218 valence electrons. The van der Waals surface area contributed by atoms with Crippen LogP contribution in [0, 0.1) is 6.92 Å². The van der Waals surface area contributed by atoms with Crippen LogP contribution in [-0.2, 0) is 5.41 Å². The number of rotatable bonds is 3. The molecule has 1 fully saturated rings. The Morgan fingerprint density at radius 2 is 1.16 bits per heavy atom. The van der Waals surface area contributed by atoms with Gasteiger partial charge in [-0.25, -0.2) is 0 Å². The Hall–Kier alpha value is -4.24. The van der Waals surface area contributed by atoms with Crippen LogP contribution in [0.5, 0.6) is 0 Å². The Bertz CT molecular complexity index is 1860. The molecule has 1 saturated carbocycles. The van der Waals surface area contributed by atoms with Crippen LogP contribution in [0.4, 0.5) is 34.1 Å². The lowest BCUT2D eigenvalue weighted by atomic mass is 9.33. The number of fused-ring (bicyclic) bond motifs is 4. The van der Waals surface area contributed by atoms with E-state index in [1.54, 1.807) is 0 Å². The molecule has 5 aromatic carbocycles. The minimum atomic E-state index is 0.0605. The molecule has 2 nitrogen and oxygen atoms in total. The average molecular weight is 573 g/mol. The summed E-state index contributed by atoms with van der Waals surface area (Å²) in [6, 6.07) is 41.6. The van der Waals surface area contributed by atoms with E-state index in [1.807, 2.05) is 0 Å². The summed E-state index contributed by atoms with van der Waals surface area (Å²) in [7, 11) is 0. The fourth-order valence-corrected chi connectivity index (χ4v) is 8.05. The van der Waals surface area contributed by atoms with Crippen LogP contribution >= 0.6 is 0 Å². The normalized spacial score (nSPS) is 16.0. The third-order valence-electron chi connectivity index (χ3n) is 10.2. The Labute approximate surface area is 263 Å². The summed E-state index contributed by atoms with van der Waals surface area (Å²) in [5.74, 6) is 0.597. The first-order valence-electron chi connectivity index (χ1n) is 16.5. The van der Waals surface area contributed by atoms with E-state index in [2.05, 4.69) is 147 Å². The summed E-state index contributed by atoms with van der Waals surface area (Å²) in [5.41, 5.74) is 16.1. The number of nitrogens with zero attached hydrogens (tertiary/aromatic N) is 2. The minimum absolute atomic E-state index is 0.0605. The number of benzene rings is 5. The van der Waals surface area contributed by atoms with Crippen LogP contribution in [0.1, 0.15) is 75.5 Å². The zero-order valence-electron chi connectivity index (χ0n) is 26.5. The van der Waals surface area contributed by atoms with Crippen molar-refractivity contribution in [3.63, 3.8) is 0 Å². The van der Waals surface area contributed by atoms with Crippen LogP contribution in [-0.4, -0.2) is 6.71 Å². The summed E-state index contributed by atoms with van der Waals surface area (Å²) >= 11 is 0. The van der Waals surface area contributed by atoms with Gasteiger partial charge in [-0.2, -0.15) is 0 Å². The lowest BCUT2D eigenvalue weighted by molar-refractivity contribution is 0.444. The standard InChI is InChI=1S/C41H41BN2/c1-28-23-31(41(2,3)4)27-33(24-28)44-37-22-14-12-20-35(37)42-34-19-11-13-21-36(34)43(32-17-9-6-10-18-32)38-25-30(26-39(44)40(38)42)29-15-7-5-8-16-29/h6,9-14,17-27,29H,5,7-8,15-16H2,1-4H3. The van der Waals surface area contributed by atoms with Crippen molar-refractivity contribution in [2.45, 2.75) is 71.1 Å². The first kappa shape index (κ1) is 27.3. The first-order chi connectivity index (χ1) is 21.4. The van der Waals surface area contributed by atoms with Gasteiger partial charge in [0, 0.05) is 34.1 Å². The molecule has 0 spiro atoms. The van der Waals surface area contributed by atoms with Crippen molar-refractivity contribution >= 4 is 57.2 Å². The summed E-state index contributed by atoms with van der Waals surface area (Å²) in [5, 5.41) is 0. The maximum absolute atomic E-state index is 2.59. The number of anilines is 6. The van der Waals surface area contributed by atoms with Crippen LogP contribution < -0.4 is 26.2 Å². The first-order valence-corrected chi connectivity index (χ1v) is 16.5. The quantitative estimate of drug-likeness (QED) is 0.195. The van der Waals surface area contributed by atoms with Gasteiger partial charge in [0.2, 0.25) is 0 Å². The van der Waals surface area contributed by atoms with Gasteiger partial charge >= 0.3 is 0 Å². The van der Waals surface area contributed by atoms with E-state index in [1.165, 1.54) is 99.3 Å². The highest BCUT2D eigenvalue weighted by molar-refractivity contribution is 7.00. The highest BCUT2D eigenvalue weighted by Gasteiger charge is 2.43. The van der Waals surface area contributed by atoms with E-state index < -0.39 is 0 Å². The van der Waals surface area contributed by atoms with Crippen LogP contribution in [0.2, 0.25) is 0 Å². The van der Waals surface area contributed by atoms with E-state index in [-0.39, 0.29) is 12.1 Å². The number of aryl methyl sites for hydroxylation is 1. The highest BCUT2D eigenvalue weighted by atomic mass is 15.2. The number of hydrogen-bond donors (Lipinski definition) is 0. The molecule has 2 heterocycles. The Kier molecular flexibility index (Phi) is 6.48. The molecule has 3 aliphatic rings. The second-order valence-electron chi connectivity index (χ2n) is 14.2. The van der Waals surface area contributed by atoms with Gasteiger partial charge < -0.3 is 9.80 Å². The van der Waals surface area contributed by atoms with E-state index in [0.717, 1.165) is 0 Å². The maximum Gasteiger partial charge on any atom is 0.252 e. The summed E-state index contributed by atoms with van der Waals surface area (Å²) < 4.78 is 0. The summed E-state index contributed by atoms with van der Waals surface area (Å²) in [4.78, 5) is 5.14. The molecule has 0 N–H and O–H groups in total. The van der Waals surface area contributed by atoms with Crippen molar-refractivity contribution in [1.29, 1.82) is 0 Å². The van der Waals surface area contributed by atoms with Gasteiger partial charge in [-0.3, -0.25) is 0 Å². The fourth-order valence-electron chi connectivity index (χ4n) is 8.05. The van der Waals surface area contributed by atoms with Gasteiger partial charge in [-0.1, -0.05) is 101 Å². The number of hydrogen-bond acceptors (Lipinski definition) is 2. The van der Waals surface area contributed by atoms with Crippen molar-refractivity contribution in [3.05, 3.63) is 126 Å². The van der Waals surface area contributed by atoms with E-state index in [9.17, 15) is 0 Å². The Morgan fingerprint density at radius 3 is 1.77 bits per heavy atom. The molecule has 0 aromatic heterocycles. The van der Waals surface area contributed by atoms with Gasteiger partial charge in [0.15, 0.2) is 0 Å². The maximum atomic E-state index is 2.59. The molecule has 0 saturated heterocycles. The van der Waals surface area contributed by atoms with Gasteiger partial charge in [0.05, 0.1) is 0 Å². The molecule has 0 atom stereocenters. The fraction of sp³-hybridized carbons (Fsp3) is 0.268. The van der Waals surface area contributed by atoms with Gasteiger partial charge in [-0.15, -0.1) is 0 Å². The van der Waals surface area contributed by atoms with E-state index in [4.69, 9.17) is 0 Å². The van der Waals surface area contributed by atoms with Crippen molar-refractivity contribution in [2.24, 2.45) is 0 Å². The van der Waals surface area contributed by atoms with Crippen LogP contribution in [0.25, 0.3) is 0 Å². The molecule has 8 rings (SSSR count). The van der Waals surface area contributed by atoms with Gasteiger partial charge in [0.1, 0.15) is 0 Å². The van der Waals surface area contributed by atoms with Crippen LogP contribution in [0.3, 0.4) is 0 Å². The highest BCUT2D eigenvalue weighted by Crippen LogP contribution is 2.47. The second-order valence-corrected chi connectivity index (χ2v) is 14.2. The lowest BCUT2D eigenvalue weighted by Crippen LogP contribution is -2.61. The van der Waals surface area contributed by atoms with Crippen molar-refractivity contribution in [2.75, 3.05) is 9.80 Å². The average Bonchev–Trinajstić information content (AvgIpc) is 3.04. The molecule has 0 unspecified atom stereocenters. The largest absolute Gasteiger partial charge is 0.311 e. The SMILES string of the molecule is Cc1cc(N2c3ccccc3B3c4ccccc4N(c4ccccc4)c4cc(C5CCCCC5)cc2c43)cc(C(C)(C)C)c1. The third-order valence-corrected chi connectivity index (χ3v) is 10.2. The van der Waals surface area contributed by atoms with Crippen molar-refractivity contribution in [1.82, 2.24) is 0 Å². The van der Waals surface area contributed by atoms with E-state index in [0.29, 0.717) is 5.92 Å². The minimum Gasteiger partial charge on any atom is -0.311 e. The molecule has 3 heteroatoms. The smallest absolute Gasteiger partial charge is 0.252 e. The monoisotopic (exact) mass is 572 g/mol. The van der Waals surface area contributed by atoms with Crippen molar-refractivity contribution in [3.8, 4) is 0 Å². The topological polar surface area (TPSA) is 6.48 Å². The predicted octanol–water partition coefficient (Wildman–Crippen LogP) is 9.42.